The summed E-state index contributed by atoms with van der Waals surface area (Å²) in [6.45, 7) is 8.24. The first kappa shape index (κ1) is 24.0. The van der Waals surface area contributed by atoms with Crippen LogP contribution in [0, 0.1) is 13.8 Å². The predicted octanol–water partition coefficient (Wildman–Crippen LogP) is 4.40. The minimum atomic E-state index is -3.56. The molecule has 1 heterocycles. The molecule has 32 heavy (non-hydrogen) atoms. The van der Waals surface area contributed by atoms with Crippen molar-refractivity contribution in [3.63, 3.8) is 0 Å². The van der Waals surface area contributed by atoms with E-state index in [0.29, 0.717) is 23.9 Å². The van der Waals surface area contributed by atoms with E-state index in [2.05, 4.69) is 15.5 Å². The number of aryl methyl sites for hydroxylation is 2. The maximum absolute atomic E-state index is 12.9. The molecule has 0 spiro atoms. The van der Waals surface area contributed by atoms with Gasteiger partial charge in [0.1, 0.15) is 11.6 Å². The first-order valence-electron chi connectivity index (χ1n) is 10.5. The normalized spacial score (nSPS) is 12.5. The quantitative estimate of drug-likeness (QED) is 0.464. The highest BCUT2D eigenvalue weighted by molar-refractivity contribution is 8.00. The molecule has 3 aromatic rings. The summed E-state index contributed by atoms with van der Waals surface area (Å²) < 4.78 is 27.5. The zero-order valence-corrected chi connectivity index (χ0v) is 20.3. The van der Waals surface area contributed by atoms with Crippen LogP contribution in [0.3, 0.4) is 0 Å². The Morgan fingerprint density at radius 1 is 1.00 bits per heavy atom. The van der Waals surface area contributed by atoms with Gasteiger partial charge in [-0.05, 0) is 51.5 Å². The first-order chi connectivity index (χ1) is 15.2. The lowest BCUT2D eigenvalue weighted by molar-refractivity contribution is -0.115. The van der Waals surface area contributed by atoms with Gasteiger partial charge in [-0.25, -0.2) is 8.42 Å². The van der Waals surface area contributed by atoms with Gasteiger partial charge in [0.05, 0.1) is 10.1 Å². The summed E-state index contributed by atoms with van der Waals surface area (Å²) in [4.78, 5) is 13.1. The highest BCUT2D eigenvalue weighted by Crippen LogP contribution is 2.27. The third kappa shape index (κ3) is 5.77. The van der Waals surface area contributed by atoms with Crippen LogP contribution in [0.1, 0.15) is 37.2 Å². The molecule has 7 nitrogen and oxygen atoms in total. The van der Waals surface area contributed by atoms with E-state index in [-0.39, 0.29) is 21.8 Å². The van der Waals surface area contributed by atoms with Gasteiger partial charge in [0.15, 0.2) is 15.0 Å². The molecule has 0 aliphatic heterocycles. The zero-order valence-electron chi connectivity index (χ0n) is 18.7. The Labute approximate surface area is 193 Å². The van der Waals surface area contributed by atoms with Crippen molar-refractivity contribution in [3.05, 3.63) is 65.5 Å². The van der Waals surface area contributed by atoms with Crippen LogP contribution >= 0.6 is 11.8 Å². The van der Waals surface area contributed by atoms with Crippen molar-refractivity contribution >= 4 is 33.2 Å². The highest BCUT2D eigenvalue weighted by Gasteiger charge is 2.25. The van der Waals surface area contributed by atoms with Gasteiger partial charge >= 0.3 is 0 Å². The fourth-order valence-electron chi connectivity index (χ4n) is 3.14. The number of carbonyl (C=O) groups excluding carboxylic acids is 1. The number of aromatic nitrogens is 3. The second kappa shape index (κ2) is 10.3. The van der Waals surface area contributed by atoms with Crippen LogP contribution in [0.2, 0.25) is 0 Å². The Bertz CT molecular complexity index is 1170. The molecule has 1 unspecified atom stereocenters. The smallest absolute Gasteiger partial charge is 0.237 e. The van der Waals surface area contributed by atoms with Gasteiger partial charge in [0.2, 0.25) is 5.91 Å². The van der Waals surface area contributed by atoms with Crippen LogP contribution in [0.4, 0.5) is 5.69 Å². The second-order valence-electron chi connectivity index (χ2n) is 7.59. The molecule has 0 bridgehead atoms. The van der Waals surface area contributed by atoms with E-state index >= 15 is 0 Å². The van der Waals surface area contributed by atoms with E-state index in [9.17, 15) is 13.2 Å². The van der Waals surface area contributed by atoms with Crippen molar-refractivity contribution in [3.8, 4) is 0 Å². The minimum absolute atomic E-state index is 0.124. The molecule has 2 aromatic carbocycles. The van der Waals surface area contributed by atoms with Crippen LogP contribution in [0.15, 0.2) is 58.6 Å². The van der Waals surface area contributed by atoms with Crippen LogP contribution in [-0.2, 0) is 26.9 Å². The lowest BCUT2D eigenvalue weighted by Crippen LogP contribution is -2.25. The third-order valence-electron chi connectivity index (χ3n) is 5.04. The standard InChI is InChI=1S/C23H28N4O3S2/c1-5-20(22(28)24-18-11-7-16(3)8-12-18)31-23-26-25-21(27(23)6-2)15-32(29,30)19-13-9-17(4)10-14-19/h7-14,20H,5-6,15H2,1-4H3,(H,24,28). The lowest BCUT2D eigenvalue weighted by Gasteiger charge is -2.15. The molecular weight excluding hydrogens is 444 g/mol. The van der Waals surface area contributed by atoms with Gasteiger partial charge in [0, 0.05) is 12.2 Å². The molecule has 1 N–H and O–H groups in total. The summed E-state index contributed by atoms with van der Waals surface area (Å²) in [6.07, 6.45) is 0.593. The number of sulfone groups is 1. The van der Waals surface area contributed by atoms with E-state index in [0.717, 1.165) is 16.8 Å². The zero-order chi connectivity index (χ0) is 23.3. The van der Waals surface area contributed by atoms with Crippen molar-refractivity contribution in [2.45, 2.75) is 61.7 Å². The number of thioether (sulfide) groups is 1. The van der Waals surface area contributed by atoms with E-state index in [1.165, 1.54) is 11.8 Å². The molecule has 1 atom stereocenters. The molecule has 1 amide bonds. The summed E-state index contributed by atoms with van der Waals surface area (Å²) in [6, 6.07) is 14.4. The Morgan fingerprint density at radius 2 is 1.59 bits per heavy atom. The monoisotopic (exact) mass is 472 g/mol. The molecule has 0 saturated carbocycles. The number of anilines is 1. The summed E-state index contributed by atoms with van der Waals surface area (Å²) in [5.41, 5.74) is 2.85. The number of amides is 1. The number of nitrogens with zero attached hydrogens (tertiary/aromatic N) is 3. The fraction of sp³-hybridized carbons (Fsp3) is 0.348. The number of nitrogens with one attached hydrogen (secondary N) is 1. The van der Waals surface area contributed by atoms with Crippen LogP contribution in [0.25, 0.3) is 0 Å². The maximum Gasteiger partial charge on any atom is 0.237 e. The Balaban J connectivity index is 1.76. The number of benzene rings is 2. The van der Waals surface area contributed by atoms with Crippen LogP contribution in [-0.4, -0.2) is 34.3 Å². The molecule has 0 aliphatic rings. The largest absolute Gasteiger partial charge is 0.325 e. The first-order valence-corrected chi connectivity index (χ1v) is 13.0. The molecule has 0 fully saturated rings. The Hall–Kier alpha value is -2.65. The topological polar surface area (TPSA) is 93.9 Å². The third-order valence-corrected chi connectivity index (χ3v) is 8.01. The number of carbonyl (C=O) groups is 1. The molecule has 9 heteroatoms. The molecular formula is C23H28N4O3S2. The molecule has 170 valence electrons. The SMILES string of the molecule is CCC(Sc1nnc(CS(=O)(=O)c2ccc(C)cc2)n1CC)C(=O)Nc1ccc(C)cc1. The van der Waals surface area contributed by atoms with Crippen molar-refractivity contribution in [2.24, 2.45) is 0 Å². The van der Waals surface area contributed by atoms with E-state index in [1.807, 2.05) is 52.0 Å². The number of rotatable bonds is 9. The molecule has 1 aromatic heterocycles. The average molecular weight is 473 g/mol. The van der Waals surface area contributed by atoms with Crippen molar-refractivity contribution in [1.29, 1.82) is 0 Å². The van der Waals surface area contributed by atoms with Crippen molar-refractivity contribution in [1.82, 2.24) is 14.8 Å². The number of hydrogen-bond donors (Lipinski definition) is 1. The van der Waals surface area contributed by atoms with Crippen molar-refractivity contribution in [2.75, 3.05) is 5.32 Å². The summed E-state index contributed by atoms with van der Waals surface area (Å²) >= 11 is 1.30. The fourth-order valence-corrected chi connectivity index (χ4v) is 5.45. The van der Waals surface area contributed by atoms with Gasteiger partial charge in [-0.2, -0.15) is 0 Å². The minimum Gasteiger partial charge on any atom is -0.325 e. The van der Waals surface area contributed by atoms with Crippen LogP contribution < -0.4 is 5.32 Å². The van der Waals surface area contributed by atoms with E-state index < -0.39 is 9.84 Å². The summed E-state index contributed by atoms with van der Waals surface area (Å²) in [7, 11) is -3.56. The second-order valence-corrected chi connectivity index (χ2v) is 10.7. The molecule has 3 rings (SSSR count). The maximum atomic E-state index is 12.9. The Kier molecular flexibility index (Phi) is 7.73. The van der Waals surface area contributed by atoms with Gasteiger partial charge in [0.25, 0.3) is 0 Å². The number of hydrogen-bond acceptors (Lipinski definition) is 6. The molecule has 0 aliphatic carbocycles. The average Bonchev–Trinajstić information content (AvgIpc) is 3.14. The summed E-state index contributed by atoms with van der Waals surface area (Å²) in [5.74, 6) is -0.00529. The van der Waals surface area contributed by atoms with E-state index in [1.54, 1.807) is 28.8 Å². The Morgan fingerprint density at radius 3 is 2.16 bits per heavy atom. The molecule has 0 saturated heterocycles. The van der Waals surface area contributed by atoms with Gasteiger partial charge in [-0.3, -0.25) is 4.79 Å². The van der Waals surface area contributed by atoms with Gasteiger partial charge in [-0.15, -0.1) is 10.2 Å². The summed E-state index contributed by atoms with van der Waals surface area (Å²) in [5, 5.41) is 11.4. The predicted molar refractivity (Wildman–Crippen MR) is 128 cm³/mol. The van der Waals surface area contributed by atoms with Gasteiger partial charge in [-0.1, -0.05) is 54.1 Å². The lowest BCUT2D eigenvalue weighted by atomic mass is 10.2. The van der Waals surface area contributed by atoms with Crippen LogP contribution in [0.5, 0.6) is 0 Å². The van der Waals surface area contributed by atoms with Crippen molar-refractivity contribution < 1.29 is 13.2 Å². The molecule has 0 radical (unpaired) electrons. The van der Waals surface area contributed by atoms with E-state index in [4.69, 9.17) is 0 Å². The van der Waals surface area contributed by atoms with Gasteiger partial charge < -0.3 is 9.88 Å². The highest BCUT2D eigenvalue weighted by atomic mass is 32.2.